The molecule has 1 amide bonds. The lowest BCUT2D eigenvalue weighted by Gasteiger charge is -2.50. The highest BCUT2D eigenvalue weighted by atomic mass is 16.2. The Hall–Kier alpha value is -0.610. The number of hydrogen-bond donors (Lipinski definition) is 1. The summed E-state index contributed by atoms with van der Waals surface area (Å²) < 4.78 is 0. The van der Waals surface area contributed by atoms with Gasteiger partial charge in [0.15, 0.2) is 0 Å². The van der Waals surface area contributed by atoms with E-state index in [1.165, 1.54) is 57.8 Å². The van der Waals surface area contributed by atoms with E-state index < -0.39 is 0 Å². The molecule has 4 rings (SSSR count). The van der Waals surface area contributed by atoms with Crippen molar-refractivity contribution in [2.24, 2.45) is 5.92 Å². The maximum absolute atomic E-state index is 12.5. The maximum atomic E-state index is 12.5. The van der Waals surface area contributed by atoms with E-state index in [9.17, 15) is 4.79 Å². The first-order valence-electron chi connectivity index (χ1n) is 9.00. The standard InChI is InChI=1S/C17H29N3O/c1-19-13-7-4-8-14(19)10-15(9-13)20-16(21)11-18-17(20)12-5-2-3-6-12/h12-15,17-18H,2-11H2,1H3. The zero-order valence-corrected chi connectivity index (χ0v) is 13.3. The van der Waals surface area contributed by atoms with Gasteiger partial charge in [-0.1, -0.05) is 19.3 Å². The zero-order chi connectivity index (χ0) is 14.4. The van der Waals surface area contributed by atoms with Crippen molar-refractivity contribution in [1.29, 1.82) is 0 Å². The third-order valence-electron chi connectivity index (χ3n) is 6.60. The molecule has 3 atom stereocenters. The SMILES string of the molecule is CN1C2CCCC1CC(N1C(=O)CNC1C1CCCC1)C2. The number of carbonyl (C=O) groups is 1. The van der Waals surface area contributed by atoms with Crippen molar-refractivity contribution in [2.45, 2.75) is 82.1 Å². The Morgan fingerprint density at radius 1 is 0.952 bits per heavy atom. The second-order valence-corrected chi connectivity index (χ2v) is 7.70. The molecule has 4 fully saturated rings. The molecule has 0 radical (unpaired) electrons. The van der Waals surface area contributed by atoms with Gasteiger partial charge in [0, 0.05) is 18.1 Å². The van der Waals surface area contributed by atoms with Gasteiger partial charge in [-0.2, -0.15) is 0 Å². The predicted molar refractivity (Wildman–Crippen MR) is 82.8 cm³/mol. The molecule has 0 aromatic rings. The summed E-state index contributed by atoms with van der Waals surface area (Å²) in [5, 5.41) is 3.54. The fraction of sp³-hybridized carbons (Fsp3) is 0.941. The lowest BCUT2D eigenvalue weighted by atomic mass is 9.81. The van der Waals surface area contributed by atoms with Crippen LogP contribution in [0.2, 0.25) is 0 Å². The Bertz CT molecular complexity index is 393. The van der Waals surface area contributed by atoms with Crippen LogP contribution in [-0.2, 0) is 4.79 Å². The summed E-state index contributed by atoms with van der Waals surface area (Å²) in [5.74, 6) is 1.07. The molecule has 0 spiro atoms. The summed E-state index contributed by atoms with van der Waals surface area (Å²) in [6.45, 7) is 0.572. The van der Waals surface area contributed by atoms with Crippen LogP contribution in [0.5, 0.6) is 0 Å². The number of carbonyl (C=O) groups excluding carboxylic acids is 1. The Morgan fingerprint density at radius 2 is 1.62 bits per heavy atom. The van der Waals surface area contributed by atoms with Crippen LogP contribution < -0.4 is 5.32 Å². The first kappa shape index (κ1) is 14.0. The van der Waals surface area contributed by atoms with Crippen molar-refractivity contribution in [3.8, 4) is 0 Å². The maximum Gasteiger partial charge on any atom is 0.238 e. The molecule has 3 aliphatic heterocycles. The van der Waals surface area contributed by atoms with E-state index in [2.05, 4.69) is 22.2 Å². The van der Waals surface area contributed by atoms with Crippen LogP contribution in [0.1, 0.15) is 57.8 Å². The summed E-state index contributed by atoms with van der Waals surface area (Å²) >= 11 is 0. The van der Waals surface area contributed by atoms with E-state index in [-0.39, 0.29) is 0 Å². The van der Waals surface area contributed by atoms with Gasteiger partial charge in [-0.05, 0) is 51.5 Å². The number of hydrogen-bond acceptors (Lipinski definition) is 3. The van der Waals surface area contributed by atoms with Crippen LogP contribution >= 0.6 is 0 Å². The van der Waals surface area contributed by atoms with Crippen LogP contribution in [0.25, 0.3) is 0 Å². The summed E-state index contributed by atoms with van der Waals surface area (Å²) in [6, 6.07) is 1.91. The van der Waals surface area contributed by atoms with Crippen LogP contribution in [0, 0.1) is 5.92 Å². The Labute approximate surface area is 128 Å². The topological polar surface area (TPSA) is 35.6 Å². The van der Waals surface area contributed by atoms with Gasteiger partial charge in [-0.15, -0.1) is 0 Å². The molecule has 3 saturated heterocycles. The molecular formula is C17H29N3O. The van der Waals surface area contributed by atoms with Crippen molar-refractivity contribution in [1.82, 2.24) is 15.1 Å². The van der Waals surface area contributed by atoms with Gasteiger partial charge in [0.2, 0.25) is 5.91 Å². The van der Waals surface area contributed by atoms with Gasteiger partial charge in [0.1, 0.15) is 0 Å². The highest BCUT2D eigenvalue weighted by Crippen LogP contribution is 2.38. The van der Waals surface area contributed by atoms with E-state index in [1.54, 1.807) is 0 Å². The third-order valence-corrected chi connectivity index (χ3v) is 6.60. The molecule has 118 valence electrons. The van der Waals surface area contributed by atoms with Crippen molar-refractivity contribution >= 4 is 5.91 Å². The lowest BCUT2D eigenvalue weighted by Crippen LogP contribution is -2.58. The van der Waals surface area contributed by atoms with Gasteiger partial charge < -0.3 is 9.80 Å². The molecule has 21 heavy (non-hydrogen) atoms. The molecule has 1 saturated carbocycles. The Morgan fingerprint density at radius 3 is 2.29 bits per heavy atom. The number of rotatable bonds is 2. The quantitative estimate of drug-likeness (QED) is 0.844. The van der Waals surface area contributed by atoms with Crippen LogP contribution in [-0.4, -0.2) is 53.6 Å². The van der Waals surface area contributed by atoms with Crippen molar-refractivity contribution < 1.29 is 4.79 Å². The smallest absolute Gasteiger partial charge is 0.238 e. The molecule has 0 aromatic carbocycles. The molecule has 4 heteroatoms. The Kier molecular flexibility index (Phi) is 3.70. The average Bonchev–Trinajstić information content (AvgIpc) is 3.07. The van der Waals surface area contributed by atoms with E-state index in [0.717, 1.165) is 0 Å². The largest absolute Gasteiger partial charge is 0.323 e. The van der Waals surface area contributed by atoms with E-state index in [0.29, 0.717) is 42.7 Å². The van der Waals surface area contributed by atoms with Crippen molar-refractivity contribution in [2.75, 3.05) is 13.6 Å². The molecule has 4 aliphatic rings. The minimum Gasteiger partial charge on any atom is -0.323 e. The molecule has 1 aliphatic carbocycles. The summed E-state index contributed by atoms with van der Waals surface area (Å²) in [5.41, 5.74) is 0. The van der Waals surface area contributed by atoms with Crippen molar-refractivity contribution in [3.63, 3.8) is 0 Å². The zero-order valence-electron chi connectivity index (χ0n) is 13.3. The molecule has 3 unspecified atom stereocenters. The summed E-state index contributed by atoms with van der Waals surface area (Å²) in [6.07, 6.45) is 12.1. The normalized spacial score (nSPS) is 42.0. The minimum atomic E-state index is 0.342. The molecule has 2 bridgehead atoms. The highest BCUT2D eigenvalue weighted by Gasteiger charge is 2.45. The molecule has 1 N–H and O–H groups in total. The minimum absolute atomic E-state index is 0.342. The van der Waals surface area contributed by atoms with Gasteiger partial charge in [-0.3, -0.25) is 10.1 Å². The number of fused-ring (bicyclic) bond motifs is 2. The predicted octanol–water partition coefficient (Wildman–Crippen LogP) is 1.95. The van der Waals surface area contributed by atoms with E-state index in [4.69, 9.17) is 0 Å². The average molecular weight is 291 g/mol. The molecule has 4 nitrogen and oxygen atoms in total. The fourth-order valence-electron chi connectivity index (χ4n) is 5.45. The van der Waals surface area contributed by atoms with Gasteiger partial charge in [0.25, 0.3) is 0 Å². The van der Waals surface area contributed by atoms with Crippen LogP contribution in [0.4, 0.5) is 0 Å². The number of amides is 1. The fourth-order valence-corrected chi connectivity index (χ4v) is 5.45. The first-order chi connectivity index (χ1) is 10.2. The van der Waals surface area contributed by atoms with Crippen LogP contribution in [0.3, 0.4) is 0 Å². The van der Waals surface area contributed by atoms with Gasteiger partial charge >= 0.3 is 0 Å². The number of piperidine rings is 2. The monoisotopic (exact) mass is 291 g/mol. The highest BCUT2D eigenvalue weighted by molar-refractivity contribution is 5.81. The second kappa shape index (κ2) is 5.54. The Balaban J connectivity index is 1.52. The third kappa shape index (κ3) is 2.40. The van der Waals surface area contributed by atoms with Crippen molar-refractivity contribution in [3.05, 3.63) is 0 Å². The van der Waals surface area contributed by atoms with Gasteiger partial charge in [-0.25, -0.2) is 0 Å². The molecule has 3 heterocycles. The first-order valence-corrected chi connectivity index (χ1v) is 9.00. The van der Waals surface area contributed by atoms with E-state index in [1.807, 2.05) is 0 Å². The second-order valence-electron chi connectivity index (χ2n) is 7.70. The van der Waals surface area contributed by atoms with Crippen LogP contribution in [0.15, 0.2) is 0 Å². The number of nitrogens with zero attached hydrogens (tertiary/aromatic N) is 2. The molecule has 0 aromatic heterocycles. The number of nitrogens with one attached hydrogen (secondary N) is 1. The summed E-state index contributed by atoms with van der Waals surface area (Å²) in [4.78, 5) is 17.4. The molecular weight excluding hydrogens is 262 g/mol. The van der Waals surface area contributed by atoms with Gasteiger partial charge in [0.05, 0.1) is 12.7 Å². The summed E-state index contributed by atoms with van der Waals surface area (Å²) in [7, 11) is 2.29. The lowest BCUT2D eigenvalue weighted by molar-refractivity contribution is -0.134. The van der Waals surface area contributed by atoms with E-state index >= 15 is 0 Å².